The van der Waals surface area contributed by atoms with Crippen LogP contribution in [0.15, 0.2) is 0 Å². The van der Waals surface area contributed by atoms with Crippen LogP contribution in [0.3, 0.4) is 0 Å². The number of fused-ring (bicyclic) bond motifs is 1. The second-order valence-corrected chi connectivity index (χ2v) is 22.3. The number of carbonyl (C=O) groups is 5. The molecule has 6 rings (SSSR count). The molecule has 2 heterocycles. The molecule has 2 unspecified atom stereocenters. The lowest BCUT2D eigenvalue weighted by atomic mass is 9.73. The summed E-state index contributed by atoms with van der Waals surface area (Å²) in [4.78, 5) is 75.3. The predicted octanol–water partition coefficient (Wildman–Crippen LogP) is 4.15. The number of hydrogen-bond acceptors (Lipinski definition) is 8. The molecule has 4 N–H and O–H groups in total. The number of amides is 5. The zero-order chi connectivity index (χ0) is 41.1. The maximum atomic E-state index is 15.1. The van der Waals surface area contributed by atoms with E-state index >= 15 is 4.79 Å². The number of nitrogens with zero attached hydrogens (tertiary/aromatic N) is 2. The highest BCUT2D eigenvalue weighted by Crippen LogP contribution is 2.88. The van der Waals surface area contributed by atoms with Crippen LogP contribution in [0.5, 0.6) is 0 Å². The van der Waals surface area contributed by atoms with Gasteiger partial charge in [0.15, 0.2) is 0 Å². The van der Waals surface area contributed by atoms with Crippen LogP contribution in [-0.4, -0.2) is 102 Å². The van der Waals surface area contributed by atoms with Crippen molar-refractivity contribution in [3.05, 3.63) is 0 Å². The first-order chi connectivity index (χ1) is 26.1. The summed E-state index contributed by atoms with van der Waals surface area (Å²) >= 11 is 0. The van der Waals surface area contributed by atoms with Gasteiger partial charge in [-0.2, -0.15) is 0 Å². The SMILES string of the molecule is CCCC(NC(=O)[C@@H]1C[C@@]2(CN1C(=O)C(NC(=O)[C@@H](NC(=O)C(C)(C)N1CCCC1)C1CCCCC1)C(C)(C)C)C(C)(C)C21CCC1)C(=O)NS(=O)(=O)C1CC1. The van der Waals surface area contributed by atoms with E-state index in [2.05, 4.69) is 39.4 Å². The van der Waals surface area contributed by atoms with E-state index in [1.807, 2.05) is 41.5 Å². The lowest BCUT2D eigenvalue weighted by molar-refractivity contribution is -0.145. The molecule has 13 nitrogen and oxygen atoms in total. The van der Waals surface area contributed by atoms with Gasteiger partial charge >= 0.3 is 0 Å². The second kappa shape index (κ2) is 15.5. The molecule has 2 saturated heterocycles. The Morgan fingerprint density at radius 1 is 0.786 bits per heavy atom. The summed E-state index contributed by atoms with van der Waals surface area (Å²) in [5.74, 6) is -2.26. The van der Waals surface area contributed by atoms with Crippen LogP contribution in [0.25, 0.3) is 0 Å². The van der Waals surface area contributed by atoms with E-state index < -0.39 is 62.2 Å². The lowest BCUT2D eigenvalue weighted by Gasteiger charge is -2.39. The molecule has 5 amide bonds. The van der Waals surface area contributed by atoms with E-state index in [4.69, 9.17) is 0 Å². The van der Waals surface area contributed by atoms with Gasteiger partial charge in [-0.3, -0.25) is 33.6 Å². The molecule has 14 heteroatoms. The van der Waals surface area contributed by atoms with Gasteiger partial charge < -0.3 is 20.9 Å². The number of likely N-dealkylation sites (tertiary alicyclic amines) is 2. The second-order valence-electron chi connectivity index (χ2n) is 20.3. The molecule has 0 aromatic heterocycles. The van der Waals surface area contributed by atoms with Crippen LogP contribution in [0.4, 0.5) is 0 Å². The van der Waals surface area contributed by atoms with Gasteiger partial charge in [-0.1, -0.05) is 73.6 Å². The summed E-state index contributed by atoms with van der Waals surface area (Å²) in [6.07, 6.45) is 12.0. The quantitative estimate of drug-likeness (QED) is 0.203. The molecule has 4 saturated carbocycles. The maximum absolute atomic E-state index is 15.1. The summed E-state index contributed by atoms with van der Waals surface area (Å²) in [6.45, 7) is 17.9. The summed E-state index contributed by atoms with van der Waals surface area (Å²) in [7, 11) is -3.82. The topological polar surface area (TPSA) is 174 Å². The number of rotatable bonds is 14. The normalized spacial score (nSPS) is 27.9. The molecule has 0 bridgehead atoms. The minimum atomic E-state index is -3.82. The number of sulfonamides is 1. The van der Waals surface area contributed by atoms with Crippen molar-refractivity contribution in [2.45, 2.75) is 187 Å². The van der Waals surface area contributed by atoms with Crippen molar-refractivity contribution in [1.29, 1.82) is 0 Å². The van der Waals surface area contributed by atoms with Crippen LogP contribution in [0.1, 0.15) is 152 Å². The minimum Gasteiger partial charge on any atom is -0.342 e. The summed E-state index contributed by atoms with van der Waals surface area (Å²) in [5.41, 5.74) is -1.97. The van der Waals surface area contributed by atoms with Crippen molar-refractivity contribution < 1.29 is 32.4 Å². The Morgan fingerprint density at radius 3 is 1.93 bits per heavy atom. The van der Waals surface area contributed by atoms with Gasteiger partial charge in [0, 0.05) is 12.0 Å². The standard InChI is InChI=1S/C42H70N6O7S/c1-9-16-29(33(49)46-56(54,55)28-19-20-28)43-34(50)30-25-42(40(7,8)41(42)21-15-22-41)26-48(30)36(52)32(38(2,3)4)45-35(51)31(27-17-11-10-12-18-27)44-37(53)39(5,6)47-23-13-14-24-47/h27-32H,9-26H2,1-8H3,(H,43,50)(H,44,53)(H,45,51)(H,46,49)/t29?,30-,31-,32?,42+/m0/s1. The van der Waals surface area contributed by atoms with Crippen molar-refractivity contribution in [1.82, 2.24) is 30.5 Å². The molecule has 2 aliphatic heterocycles. The molecular formula is C42H70N6O7S. The van der Waals surface area contributed by atoms with Gasteiger partial charge in [0.25, 0.3) is 5.91 Å². The number of hydrogen-bond donors (Lipinski definition) is 4. The Kier molecular flexibility index (Phi) is 11.8. The third kappa shape index (κ3) is 7.63. The number of nitrogens with one attached hydrogen (secondary N) is 4. The highest BCUT2D eigenvalue weighted by Gasteiger charge is 2.85. The molecule has 0 radical (unpaired) electrons. The monoisotopic (exact) mass is 803 g/mol. The molecule has 6 fully saturated rings. The molecular weight excluding hydrogens is 733 g/mol. The van der Waals surface area contributed by atoms with Crippen molar-refractivity contribution in [2.24, 2.45) is 27.6 Å². The minimum absolute atomic E-state index is 0.00504. The Bertz CT molecular complexity index is 1650. The largest absolute Gasteiger partial charge is 0.342 e. The average molecular weight is 803 g/mol. The van der Waals surface area contributed by atoms with Crippen LogP contribution >= 0.6 is 0 Å². The molecule has 6 aliphatic rings. The Hall–Kier alpha value is -2.74. The summed E-state index contributed by atoms with van der Waals surface area (Å²) in [6, 6.07) is -3.81. The highest BCUT2D eigenvalue weighted by atomic mass is 32.2. The summed E-state index contributed by atoms with van der Waals surface area (Å²) in [5, 5.41) is 8.58. The molecule has 0 aromatic carbocycles. The first-order valence-electron chi connectivity index (χ1n) is 21.7. The van der Waals surface area contributed by atoms with Gasteiger partial charge in [0.2, 0.25) is 33.7 Å². The van der Waals surface area contributed by atoms with Gasteiger partial charge in [-0.25, -0.2) is 8.42 Å². The van der Waals surface area contributed by atoms with Crippen LogP contribution < -0.4 is 20.7 Å². The molecule has 316 valence electrons. The number of carbonyl (C=O) groups excluding carboxylic acids is 5. The third-order valence-corrected chi connectivity index (χ3v) is 17.2. The molecule has 4 aliphatic carbocycles. The summed E-state index contributed by atoms with van der Waals surface area (Å²) < 4.78 is 27.6. The Morgan fingerprint density at radius 2 is 1.41 bits per heavy atom. The van der Waals surface area contributed by atoms with Gasteiger partial charge in [-0.15, -0.1) is 0 Å². The molecule has 5 atom stereocenters. The predicted molar refractivity (Wildman–Crippen MR) is 214 cm³/mol. The molecule has 2 spiro atoms. The van der Waals surface area contributed by atoms with Crippen LogP contribution in [-0.2, 0) is 34.0 Å². The smallest absolute Gasteiger partial charge is 0.256 e. The van der Waals surface area contributed by atoms with Gasteiger partial charge in [0.05, 0.1) is 10.8 Å². The molecule has 0 aromatic rings. The third-order valence-electron chi connectivity index (χ3n) is 15.4. The van der Waals surface area contributed by atoms with Crippen molar-refractivity contribution in [3.8, 4) is 0 Å². The van der Waals surface area contributed by atoms with Crippen molar-refractivity contribution >= 4 is 39.6 Å². The first-order valence-corrected chi connectivity index (χ1v) is 23.2. The lowest BCUT2D eigenvalue weighted by Crippen LogP contribution is -2.64. The Labute approximate surface area is 335 Å². The Balaban J connectivity index is 1.26. The zero-order valence-electron chi connectivity index (χ0n) is 35.4. The average Bonchev–Trinajstić information content (AvgIpc) is 3.83. The fraction of sp³-hybridized carbons (Fsp3) is 0.881. The van der Waals surface area contributed by atoms with E-state index in [-0.39, 0.29) is 46.3 Å². The van der Waals surface area contributed by atoms with Crippen molar-refractivity contribution in [3.63, 3.8) is 0 Å². The van der Waals surface area contributed by atoms with E-state index in [0.717, 1.165) is 77.3 Å². The van der Waals surface area contributed by atoms with Gasteiger partial charge in [0.1, 0.15) is 24.2 Å². The fourth-order valence-electron chi connectivity index (χ4n) is 11.2. The van der Waals surface area contributed by atoms with Gasteiger partial charge in [-0.05, 0) is 113 Å². The van der Waals surface area contributed by atoms with E-state index in [0.29, 0.717) is 32.2 Å². The zero-order valence-corrected chi connectivity index (χ0v) is 36.2. The molecule has 56 heavy (non-hydrogen) atoms. The maximum Gasteiger partial charge on any atom is 0.256 e. The highest BCUT2D eigenvalue weighted by molar-refractivity contribution is 7.90. The first kappa shape index (κ1) is 42.9. The van der Waals surface area contributed by atoms with E-state index in [9.17, 15) is 27.6 Å². The van der Waals surface area contributed by atoms with Crippen molar-refractivity contribution in [2.75, 3.05) is 19.6 Å². The fourth-order valence-corrected chi connectivity index (χ4v) is 12.6. The van der Waals surface area contributed by atoms with E-state index in [1.165, 1.54) is 0 Å². The van der Waals surface area contributed by atoms with Crippen LogP contribution in [0.2, 0.25) is 0 Å². The van der Waals surface area contributed by atoms with Crippen LogP contribution in [0, 0.1) is 27.6 Å². The van der Waals surface area contributed by atoms with E-state index in [1.54, 1.807) is 4.90 Å².